The van der Waals surface area contributed by atoms with Crippen LogP contribution in [0.4, 0.5) is 0 Å². The van der Waals surface area contributed by atoms with Gasteiger partial charge in [-0.2, -0.15) is 0 Å². The molecule has 0 aliphatic rings. The second-order valence-electron chi connectivity index (χ2n) is 3.05. The van der Waals surface area contributed by atoms with Crippen LogP contribution in [0.2, 0.25) is 5.15 Å². The van der Waals surface area contributed by atoms with Gasteiger partial charge in [-0.3, -0.25) is 4.79 Å². The van der Waals surface area contributed by atoms with Crippen molar-refractivity contribution in [3.05, 3.63) is 35.1 Å². The predicted octanol–water partition coefficient (Wildman–Crippen LogP) is 1.69. The number of hydrogen-bond donors (Lipinski definition) is 2. The highest BCUT2D eigenvalue weighted by molar-refractivity contribution is 6.30. The first-order valence-electron chi connectivity index (χ1n) is 4.16. The van der Waals surface area contributed by atoms with Gasteiger partial charge in [-0.25, -0.2) is 4.98 Å². The molecule has 2 rings (SSSR count). The van der Waals surface area contributed by atoms with Gasteiger partial charge in [0.2, 0.25) is 0 Å². The minimum absolute atomic E-state index is 0.0739. The molecule has 2 aromatic rings. The summed E-state index contributed by atoms with van der Waals surface area (Å²) in [5, 5.41) is 11.2. The van der Waals surface area contributed by atoms with Crippen LogP contribution in [0.25, 0.3) is 10.8 Å². The zero-order valence-electron chi connectivity index (χ0n) is 7.57. The molecule has 1 aromatic carbocycles. The van der Waals surface area contributed by atoms with Crippen LogP contribution in [0.5, 0.6) is 5.75 Å². The molecule has 0 saturated carbocycles. The Bertz CT molecular complexity index is 554. The minimum Gasteiger partial charge on any atom is -0.506 e. The average molecular weight is 223 g/mol. The third-order valence-electron chi connectivity index (χ3n) is 2.11. The first-order valence-corrected chi connectivity index (χ1v) is 4.54. The van der Waals surface area contributed by atoms with E-state index in [4.69, 9.17) is 17.3 Å². The fourth-order valence-corrected chi connectivity index (χ4v) is 1.53. The number of carbonyl (C=O) groups excluding carboxylic acids is 1. The standard InChI is InChI=1S/C10H7ClN2O2/c11-8-3-7-5(4-13-8)1-2-6(9(7)14)10(12)15/h1-4,14H,(H2,12,15). The number of carbonyl (C=O) groups is 1. The van der Waals surface area contributed by atoms with Gasteiger partial charge in [-0.1, -0.05) is 17.7 Å². The molecule has 5 heteroatoms. The molecule has 0 aliphatic carbocycles. The van der Waals surface area contributed by atoms with E-state index in [0.717, 1.165) is 0 Å². The Hall–Kier alpha value is -1.81. The second kappa shape index (κ2) is 3.40. The predicted molar refractivity (Wildman–Crippen MR) is 56.9 cm³/mol. The molecule has 0 saturated heterocycles. The van der Waals surface area contributed by atoms with E-state index in [9.17, 15) is 9.90 Å². The van der Waals surface area contributed by atoms with Crippen molar-refractivity contribution < 1.29 is 9.90 Å². The van der Waals surface area contributed by atoms with E-state index < -0.39 is 5.91 Å². The highest BCUT2D eigenvalue weighted by Crippen LogP contribution is 2.29. The van der Waals surface area contributed by atoms with E-state index in [1.807, 2.05) is 0 Å². The quantitative estimate of drug-likeness (QED) is 0.721. The number of nitrogens with two attached hydrogens (primary N) is 1. The normalized spacial score (nSPS) is 10.5. The maximum Gasteiger partial charge on any atom is 0.252 e. The fraction of sp³-hybridized carbons (Fsp3) is 0. The van der Waals surface area contributed by atoms with Crippen LogP contribution in [-0.4, -0.2) is 16.0 Å². The van der Waals surface area contributed by atoms with Crippen molar-refractivity contribution >= 4 is 28.3 Å². The molecule has 0 radical (unpaired) electrons. The van der Waals surface area contributed by atoms with E-state index in [-0.39, 0.29) is 16.5 Å². The molecule has 3 N–H and O–H groups in total. The number of fused-ring (bicyclic) bond motifs is 1. The van der Waals surface area contributed by atoms with Gasteiger partial charge < -0.3 is 10.8 Å². The molecule has 0 aliphatic heterocycles. The summed E-state index contributed by atoms with van der Waals surface area (Å²) < 4.78 is 0. The summed E-state index contributed by atoms with van der Waals surface area (Å²) in [6.07, 6.45) is 1.52. The Kier molecular flexibility index (Phi) is 2.21. The van der Waals surface area contributed by atoms with Crippen LogP contribution in [0, 0.1) is 0 Å². The number of phenols is 1. The zero-order chi connectivity index (χ0) is 11.0. The first kappa shape index (κ1) is 9.73. The number of halogens is 1. The van der Waals surface area contributed by atoms with Crippen LogP contribution in [0.15, 0.2) is 24.4 Å². The number of nitrogens with zero attached hydrogens (tertiary/aromatic N) is 1. The Balaban J connectivity index is 2.82. The number of rotatable bonds is 1. The van der Waals surface area contributed by atoms with Gasteiger partial charge in [-0.15, -0.1) is 0 Å². The largest absolute Gasteiger partial charge is 0.506 e. The highest BCUT2D eigenvalue weighted by Gasteiger charge is 2.11. The highest BCUT2D eigenvalue weighted by atomic mass is 35.5. The molecule has 4 nitrogen and oxygen atoms in total. The molecule has 1 aromatic heterocycles. The summed E-state index contributed by atoms with van der Waals surface area (Å²) in [5.41, 5.74) is 5.17. The SMILES string of the molecule is NC(=O)c1ccc2cnc(Cl)cc2c1O. The van der Waals surface area contributed by atoms with Gasteiger partial charge in [0.15, 0.2) is 0 Å². The number of amides is 1. The molecule has 0 spiro atoms. The second-order valence-corrected chi connectivity index (χ2v) is 3.44. The molecule has 0 bridgehead atoms. The van der Waals surface area contributed by atoms with Gasteiger partial charge >= 0.3 is 0 Å². The Morgan fingerprint density at radius 1 is 1.47 bits per heavy atom. The van der Waals surface area contributed by atoms with Gasteiger partial charge in [0.05, 0.1) is 5.56 Å². The summed E-state index contributed by atoms with van der Waals surface area (Å²) >= 11 is 5.68. The summed E-state index contributed by atoms with van der Waals surface area (Å²) in [5.74, 6) is -0.841. The van der Waals surface area contributed by atoms with Gasteiger partial charge in [0.1, 0.15) is 10.9 Å². The van der Waals surface area contributed by atoms with Crippen molar-refractivity contribution in [3.63, 3.8) is 0 Å². The molecule has 0 unspecified atom stereocenters. The van der Waals surface area contributed by atoms with Crippen LogP contribution < -0.4 is 5.73 Å². The number of aromatic hydroxyl groups is 1. The van der Waals surface area contributed by atoms with Gasteiger partial charge in [0.25, 0.3) is 5.91 Å². The van der Waals surface area contributed by atoms with E-state index in [2.05, 4.69) is 4.98 Å². The maximum atomic E-state index is 11.0. The maximum absolute atomic E-state index is 11.0. The van der Waals surface area contributed by atoms with Crippen LogP contribution in [-0.2, 0) is 0 Å². The molecule has 0 fully saturated rings. The van der Waals surface area contributed by atoms with Crippen molar-refractivity contribution in [2.24, 2.45) is 5.73 Å². The molecule has 15 heavy (non-hydrogen) atoms. The van der Waals surface area contributed by atoms with E-state index >= 15 is 0 Å². The van der Waals surface area contributed by atoms with Gasteiger partial charge in [-0.05, 0) is 12.1 Å². The lowest BCUT2D eigenvalue weighted by molar-refractivity contribution is 0.0998. The van der Waals surface area contributed by atoms with Crippen molar-refractivity contribution in [1.82, 2.24) is 4.98 Å². The molecule has 76 valence electrons. The lowest BCUT2D eigenvalue weighted by atomic mass is 10.1. The van der Waals surface area contributed by atoms with Crippen molar-refractivity contribution in [3.8, 4) is 5.75 Å². The van der Waals surface area contributed by atoms with E-state index in [1.54, 1.807) is 6.07 Å². The Labute approximate surface area is 90.3 Å². The van der Waals surface area contributed by atoms with Crippen molar-refractivity contribution in [2.45, 2.75) is 0 Å². The number of pyridine rings is 1. The minimum atomic E-state index is -0.678. The van der Waals surface area contributed by atoms with E-state index in [0.29, 0.717) is 10.8 Å². The topological polar surface area (TPSA) is 76.2 Å². The monoisotopic (exact) mass is 222 g/mol. The third kappa shape index (κ3) is 1.59. The zero-order valence-corrected chi connectivity index (χ0v) is 8.32. The van der Waals surface area contributed by atoms with Crippen LogP contribution in [0.1, 0.15) is 10.4 Å². The molecule has 0 atom stereocenters. The fourth-order valence-electron chi connectivity index (χ4n) is 1.37. The summed E-state index contributed by atoms with van der Waals surface area (Å²) in [6.45, 7) is 0. The summed E-state index contributed by atoms with van der Waals surface area (Å²) in [4.78, 5) is 14.8. The van der Waals surface area contributed by atoms with Crippen LogP contribution in [0.3, 0.4) is 0 Å². The third-order valence-corrected chi connectivity index (χ3v) is 2.31. The molecular weight excluding hydrogens is 216 g/mol. The average Bonchev–Trinajstić information content (AvgIpc) is 2.19. The molecule has 1 heterocycles. The lowest BCUT2D eigenvalue weighted by Gasteiger charge is -2.04. The lowest BCUT2D eigenvalue weighted by Crippen LogP contribution is -2.10. The number of benzene rings is 1. The summed E-state index contributed by atoms with van der Waals surface area (Å²) in [7, 11) is 0. The first-order chi connectivity index (χ1) is 7.09. The Morgan fingerprint density at radius 3 is 2.87 bits per heavy atom. The number of aromatic nitrogens is 1. The van der Waals surface area contributed by atoms with Crippen molar-refractivity contribution in [1.29, 1.82) is 0 Å². The molecule has 1 amide bonds. The van der Waals surface area contributed by atoms with Crippen molar-refractivity contribution in [2.75, 3.05) is 0 Å². The number of primary amides is 1. The van der Waals surface area contributed by atoms with E-state index in [1.165, 1.54) is 18.3 Å². The summed E-state index contributed by atoms with van der Waals surface area (Å²) in [6, 6.07) is 4.59. The van der Waals surface area contributed by atoms with Gasteiger partial charge in [0, 0.05) is 17.0 Å². The Morgan fingerprint density at radius 2 is 2.20 bits per heavy atom. The number of hydrogen-bond acceptors (Lipinski definition) is 3. The smallest absolute Gasteiger partial charge is 0.252 e. The van der Waals surface area contributed by atoms with Crippen LogP contribution >= 0.6 is 11.6 Å². The molecular formula is C10H7ClN2O2.